The predicted molar refractivity (Wildman–Crippen MR) is 113 cm³/mol. The summed E-state index contributed by atoms with van der Waals surface area (Å²) < 4.78 is 22.8. The zero-order chi connectivity index (χ0) is 20.1. The van der Waals surface area contributed by atoms with Crippen molar-refractivity contribution in [3.8, 4) is 0 Å². The molecular weight excluding hydrogens is 394 g/mol. The lowest BCUT2D eigenvalue weighted by molar-refractivity contribution is 0.0890. The zero-order valence-electron chi connectivity index (χ0n) is 16.3. The number of amides is 1. The Hall–Kier alpha value is -1.74. The quantitative estimate of drug-likeness (QED) is 0.741. The van der Waals surface area contributed by atoms with Gasteiger partial charge in [0.05, 0.1) is 11.8 Å². The smallest absolute Gasteiger partial charge is 0.251 e. The Bertz CT molecular complexity index is 872. The number of hydrogen-bond donors (Lipinski definition) is 1. The van der Waals surface area contributed by atoms with Gasteiger partial charge in [-0.15, -0.1) is 11.3 Å². The molecule has 0 unspecified atom stereocenters. The molecule has 1 aromatic carbocycles. The number of carbonyl (C=O) groups is 1. The van der Waals surface area contributed by atoms with Crippen molar-refractivity contribution in [3.05, 3.63) is 57.8 Å². The van der Waals surface area contributed by atoms with E-state index >= 15 is 0 Å². The highest BCUT2D eigenvalue weighted by molar-refractivity contribution is 7.89. The Balaban J connectivity index is 1.63. The van der Waals surface area contributed by atoms with E-state index in [1.807, 2.05) is 6.07 Å². The maximum Gasteiger partial charge on any atom is 0.251 e. The molecule has 1 aliphatic rings. The number of carbonyl (C=O) groups excluding carboxylic acids is 1. The van der Waals surface area contributed by atoms with Crippen molar-refractivity contribution in [3.63, 3.8) is 0 Å². The van der Waals surface area contributed by atoms with Crippen molar-refractivity contribution in [2.45, 2.75) is 11.8 Å². The molecule has 0 aliphatic carbocycles. The van der Waals surface area contributed by atoms with E-state index in [0.29, 0.717) is 17.7 Å². The standard InChI is InChI=1S/C20H27N3O3S2/c1-22-9-11-23(12-10-22)18(19-4-3-13-27-19)14-21-20(24)17-7-5-16(6-8-17)15-28(2,25)26/h3-8,13,18H,9-12,14-15H2,1-2H3,(H,21,24)/t18-/m1/s1. The second-order valence-electron chi connectivity index (χ2n) is 7.35. The molecule has 1 aliphatic heterocycles. The molecule has 2 heterocycles. The van der Waals surface area contributed by atoms with Crippen LogP contribution in [0.2, 0.25) is 0 Å². The number of thiophene rings is 1. The number of nitrogens with zero attached hydrogens (tertiary/aromatic N) is 2. The van der Waals surface area contributed by atoms with Crippen LogP contribution in [-0.4, -0.2) is 70.2 Å². The Kier molecular flexibility index (Phi) is 6.87. The van der Waals surface area contributed by atoms with Gasteiger partial charge in [-0.2, -0.15) is 0 Å². The second-order valence-corrected chi connectivity index (χ2v) is 10.5. The third kappa shape index (κ3) is 5.88. The van der Waals surface area contributed by atoms with Gasteiger partial charge >= 0.3 is 0 Å². The van der Waals surface area contributed by atoms with Gasteiger partial charge in [0.15, 0.2) is 9.84 Å². The van der Waals surface area contributed by atoms with Gasteiger partial charge in [-0.1, -0.05) is 18.2 Å². The minimum absolute atomic E-state index is 0.0151. The van der Waals surface area contributed by atoms with Crippen molar-refractivity contribution in [1.82, 2.24) is 15.1 Å². The second kappa shape index (κ2) is 9.17. The number of piperazine rings is 1. The molecule has 1 amide bonds. The molecule has 1 saturated heterocycles. The van der Waals surface area contributed by atoms with Crippen molar-refractivity contribution >= 4 is 27.1 Å². The lowest BCUT2D eigenvalue weighted by Gasteiger charge is -2.37. The minimum Gasteiger partial charge on any atom is -0.350 e. The first-order chi connectivity index (χ1) is 13.3. The highest BCUT2D eigenvalue weighted by Gasteiger charge is 2.25. The van der Waals surface area contributed by atoms with Crippen molar-refractivity contribution < 1.29 is 13.2 Å². The molecule has 8 heteroatoms. The summed E-state index contributed by atoms with van der Waals surface area (Å²) in [5.41, 5.74) is 1.23. The van der Waals surface area contributed by atoms with E-state index in [1.165, 1.54) is 11.1 Å². The summed E-state index contributed by atoms with van der Waals surface area (Å²) in [7, 11) is -0.950. The molecule has 0 bridgehead atoms. The molecule has 28 heavy (non-hydrogen) atoms. The maximum absolute atomic E-state index is 12.6. The SMILES string of the molecule is CN1CCN([C@H](CNC(=O)c2ccc(CS(C)(=O)=O)cc2)c2cccs2)CC1. The molecule has 152 valence electrons. The van der Waals surface area contributed by atoms with Crippen LogP contribution in [0.4, 0.5) is 0 Å². The van der Waals surface area contributed by atoms with Crippen molar-refractivity contribution in [2.24, 2.45) is 0 Å². The van der Waals surface area contributed by atoms with Crippen LogP contribution in [0.1, 0.15) is 26.8 Å². The first-order valence-electron chi connectivity index (χ1n) is 9.33. The summed E-state index contributed by atoms with van der Waals surface area (Å²) in [5, 5.41) is 5.13. The third-order valence-electron chi connectivity index (χ3n) is 4.95. The molecular formula is C20H27N3O3S2. The first kappa shape index (κ1) is 21.0. The van der Waals surface area contributed by atoms with Crippen LogP contribution < -0.4 is 5.32 Å². The maximum atomic E-state index is 12.6. The molecule has 3 rings (SSSR count). The average molecular weight is 422 g/mol. The Labute approximate surface area is 171 Å². The van der Waals surface area contributed by atoms with Gasteiger partial charge in [0.25, 0.3) is 5.91 Å². The summed E-state index contributed by atoms with van der Waals surface area (Å²) in [4.78, 5) is 18.6. The fraction of sp³-hybridized carbons (Fsp3) is 0.450. The highest BCUT2D eigenvalue weighted by atomic mass is 32.2. The summed E-state index contributed by atoms with van der Waals surface area (Å²) in [6.45, 7) is 4.56. The summed E-state index contributed by atoms with van der Waals surface area (Å²) >= 11 is 1.72. The molecule has 2 aromatic rings. The number of hydrogen-bond acceptors (Lipinski definition) is 6. The highest BCUT2D eigenvalue weighted by Crippen LogP contribution is 2.25. The van der Waals surface area contributed by atoms with E-state index in [4.69, 9.17) is 0 Å². The fourth-order valence-electron chi connectivity index (χ4n) is 3.37. The van der Waals surface area contributed by atoms with Crippen LogP contribution in [-0.2, 0) is 15.6 Å². The lowest BCUT2D eigenvalue weighted by atomic mass is 10.1. The van der Waals surface area contributed by atoms with Gasteiger partial charge in [0, 0.05) is 49.4 Å². The van der Waals surface area contributed by atoms with Crippen LogP contribution in [0.3, 0.4) is 0 Å². The number of benzene rings is 1. The van der Waals surface area contributed by atoms with Crippen LogP contribution in [0.5, 0.6) is 0 Å². The molecule has 1 fully saturated rings. The van der Waals surface area contributed by atoms with Crippen molar-refractivity contribution in [2.75, 3.05) is 46.0 Å². The molecule has 6 nitrogen and oxygen atoms in total. The third-order valence-corrected chi connectivity index (χ3v) is 6.78. The molecule has 0 radical (unpaired) electrons. The predicted octanol–water partition coefficient (Wildman–Crippen LogP) is 2.01. The topological polar surface area (TPSA) is 69.7 Å². The van der Waals surface area contributed by atoms with E-state index in [1.54, 1.807) is 35.6 Å². The number of rotatable bonds is 7. The van der Waals surface area contributed by atoms with Gasteiger partial charge in [-0.05, 0) is 36.2 Å². The number of sulfone groups is 1. The largest absolute Gasteiger partial charge is 0.350 e. The normalized spacial score (nSPS) is 17.4. The van der Waals surface area contributed by atoms with E-state index in [2.05, 4.69) is 33.6 Å². The summed E-state index contributed by atoms with van der Waals surface area (Å²) in [6, 6.07) is 11.1. The van der Waals surface area contributed by atoms with Gasteiger partial charge < -0.3 is 10.2 Å². The molecule has 0 saturated carbocycles. The number of likely N-dealkylation sites (N-methyl/N-ethyl adjacent to an activating group) is 1. The van der Waals surface area contributed by atoms with Crippen LogP contribution >= 0.6 is 11.3 Å². The average Bonchev–Trinajstić information content (AvgIpc) is 3.17. The molecule has 1 N–H and O–H groups in total. The first-order valence-corrected chi connectivity index (χ1v) is 12.3. The fourth-order valence-corrected chi connectivity index (χ4v) is 5.03. The summed E-state index contributed by atoms with van der Waals surface area (Å²) in [6.07, 6.45) is 1.21. The van der Waals surface area contributed by atoms with Gasteiger partial charge in [-0.3, -0.25) is 9.69 Å². The van der Waals surface area contributed by atoms with Gasteiger partial charge in [-0.25, -0.2) is 8.42 Å². The molecule has 1 aromatic heterocycles. The van der Waals surface area contributed by atoms with Gasteiger partial charge in [0.2, 0.25) is 0 Å². The minimum atomic E-state index is -3.08. The van der Waals surface area contributed by atoms with Gasteiger partial charge in [0.1, 0.15) is 0 Å². The Morgan fingerprint density at radius 2 is 1.82 bits per heavy atom. The van der Waals surface area contributed by atoms with Crippen LogP contribution in [0.25, 0.3) is 0 Å². The van der Waals surface area contributed by atoms with Crippen molar-refractivity contribution in [1.29, 1.82) is 0 Å². The zero-order valence-corrected chi connectivity index (χ0v) is 17.9. The van der Waals surface area contributed by atoms with E-state index in [9.17, 15) is 13.2 Å². The Morgan fingerprint density at radius 3 is 2.39 bits per heavy atom. The van der Waals surface area contributed by atoms with E-state index < -0.39 is 9.84 Å². The molecule has 1 atom stereocenters. The Morgan fingerprint density at radius 1 is 1.14 bits per heavy atom. The van der Waals surface area contributed by atoms with Crippen LogP contribution in [0.15, 0.2) is 41.8 Å². The van der Waals surface area contributed by atoms with Crippen LogP contribution in [0, 0.1) is 0 Å². The summed E-state index contributed by atoms with van der Waals surface area (Å²) in [5.74, 6) is -0.153. The molecule has 0 spiro atoms. The van der Waals surface area contributed by atoms with E-state index in [-0.39, 0.29) is 17.7 Å². The monoisotopic (exact) mass is 421 g/mol. The number of nitrogens with one attached hydrogen (secondary N) is 1. The lowest BCUT2D eigenvalue weighted by Crippen LogP contribution is -2.48. The van der Waals surface area contributed by atoms with E-state index in [0.717, 1.165) is 26.2 Å².